The van der Waals surface area contributed by atoms with Crippen LogP contribution in [0.1, 0.15) is 55.6 Å². The van der Waals surface area contributed by atoms with E-state index in [0.717, 1.165) is 78.5 Å². The molecule has 0 saturated carbocycles. The van der Waals surface area contributed by atoms with Gasteiger partial charge in [0.2, 0.25) is 11.3 Å². The molecule has 2 atom stereocenters. The molecule has 0 spiro atoms. The molecule has 0 saturated heterocycles. The highest BCUT2D eigenvalue weighted by Gasteiger charge is 2.60. The first-order valence-corrected chi connectivity index (χ1v) is 17.2. The molecule has 2 heterocycles. The number of hydrogen-bond donors (Lipinski definition) is 0. The van der Waals surface area contributed by atoms with Gasteiger partial charge in [0, 0.05) is 33.4 Å². The van der Waals surface area contributed by atoms with E-state index >= 15 is 0 Å². The highest BCUT2D eigenvalue weighted by molar-refractivity contribution is 6.56. The van der Waals surface area contributed by atoms with Crippen molar-refractivity contribution in [2.75, 3.05) is 0 Å². The van der Waals surface area contributed by atoms with Crippen molar-refractivity contribution < 1.29 is 0 Å². The van der Waals surface area contributed by atoms with E-state index in [1.165, 1.54) is 0 Å². The minimum absolute atomic E-state index is 0.822. The quantitative estimate of drug-likeness (QED) is 0.166. The molecule has 2 aliphatic rings. The zero-order valence-corrected chi connectivity index (χ0v) is 28.8. The van der Waals surface area contributed by atoms with Crippen molar-refractivity contribution in [3.63, 3.8) is 0 Å². The van der Waals surface area contributed by atoms with Crippen LogP contribution in [0.25, 0.3) is 0 Å². The Hall–Kier alpha value is -6.00. The van der Waals surface area contributed by atoms with Crippen LogP contribution >= 0.6 is 0 Å². The second-order valence-electron chi connectivity index (χ2n) is 13.3. The Bertz CT molecular complexity index is 2160. The van der Waals surface area contributed by atoms with Crippen molar-refractivity contribution in [2.24, 2.45) is 20.0 Å². The van der Waals surface area contributed by atoms with Gasteiger partial charge in [0.15, 0.2) is 0 Å². The lowest BCUT2D eigenvalue weighted by Gasteiger charge is -2.38. The minimum Gasteiger partial charge on any atom is -0.243 e. The van der Waals surface area contributed by atoms with Gasteiger partial charge < -0.3 is 0 Å². The maximum Gasteiger partial charge on any atom is 0.226 e. The maximum atomic E-state index is 5.84. The third-order valence-corrected chi connectivity index (χ3v) is 9.83. The molecule has 0 fully saturated rings. The van der Waals surface area contributed by atoms with Gasteiger partial charge in [-0.2, -0.15) is 0 Å². The lowest BCUT2D eigenvalue weighted by Crippen LogP contribution is -2.43. The first kappa shape index (κ1) is 31.3. The van der Waals surface area contributed by atoms with Crippen LogP contribution in [-0.4, -0.2) is 22.8 Å². The second-order valence-corrected chi connectivity index (χ2v) is 13.3. The van der Waals surface area contributed by atoms with Gasteiger partial charge in [0.05, 0.1) is 22.8 Å². The summed E-state index contributed by atoms with van der Waals surface area (Å²) in [6.07, 6.45) is 0. The fraction of sp³-hybridized carbons (Fsp3) is 0.130. The molecule has 2 unspecified atom stereocenters. The van der Waals surface area contributed by atoms with Crippen molar-refractivity contribution in [3.8, 4) is 0 Å². The predicted octanol–water partition coefficient (Wildman–Crippen LogP) is 9.91. The van der Waals surface area contributed by atoms with Crippen molar-refractivity contribution in [2.45, 2.75) is 39.0 Å². The molecular weight excluding hydrogens is 609 g/mol. The molecule has 0 amide bonds. The Kier molecular flexibility index (Phi) is 7.80. The standard InChI is InChI=1S/C46H38N4/c1-31-23-27-37(28-24-31)45(47-41(35-17-7-5-8-18-35)43(49-45)39-21-13-11-15-33(39)3)46(38-29-25-32(2)26-30-38)48-42(36-19-9-6-10-20-36)44(50-46)40-22-14-12-16-34(40)4/h5-30H,1-4H3. The molecule has 0 aliphatic carbocycles. The van der Waals surface area contributed by atoms with Crippen molar-refractivity contribution in [1.82, 2.24) is 0 Å². The summed E-state index contributed by atoms with van der Waals surface area (Å²) in [7, 11) is 0. The molecule has 2 aliphatic heterocycles. The zero-order chi connectivity index (χ0) is 34.3. The van der Waals surface area contributed by atoms with E-state index in [9.17, 15) is 0 Å². The van der Waals surface area contributed by atoms with Crippen LogP contribution in [0.3, 0.4) is 0 Å². The summed E-state index contributed by atoms with van der Waals surface area (Å²) in [4.78, 5) is 23.3. The van der Waals surface area contributed by atoms with Gasteiger partial charge in [-0.05, 0) is 38.8 Å². The number of nitrogens with zero attached hydrogens (tertiary/aromatic N) is 4. The largest absolute Gasteiger partial charge is 0.243 e. The van der Waals surface area contributed by atoms with Gasteiger partial charge in [-0.15, -0.1) is 0 Å². The predicted molar refractivity (Wildman–Crippen MR) is 207 cm³/mol. The molecule has 6 aromatic carbocycles. The summed E-state index contributed by atoms with van der Waals surface area (Å²) >= 11 is 0. The van der Waals surface area contributed by atoms with Crippen LogP contribution in [0.5, 0.6) is 0 Å². The molecule has 242 valence electrons. The number of aliphatic imine (C=N–C) groups is 4. The number of hydrogen-bond acceptors (Lipinski definition) is 4. The number of rotatable bonds is 7. The van der Waals surface area contributed by atoms with Crippen LogP contribution in [0.2, 0.25) is 0 Å². The van der Waals surface area contributed by atoms with Crippen LogP contribution in [0.15, 0.2) is 178 Å². The molecule has 50 heavy (non-hydrogen) atoms. The Balaban J connectivity index is 1.55. The van der Waals surface area contributed by atoms with Crippen LogP contribution in [0.4, 0.5) is 0 Å². The summed E-state index contributed by atoms with van der Waals surface area (Å²) in [5, 5.41) is 0. The summed E-state index contributed by atoms with van der Waals surface area (Å²) in [6.45, 7) is 8.49. The highest BCUT2D eigenvalue weighted by Crippen LogP contribution is 2.54. The van der Waals surface area contributed by atoms with E-state index in [1.807, 2.05) is 12.1 Å². The Morgan fingerprint density at radius 3 is 1.00 bits per heavy atom. The Labute approximate surface area is 294 Å². The van der Waals surface area contributed by atoms with E-state index in [4.69, 9.17) is 20.0 Å². The summed E-state index contributed by atoms with van der Waals surface area (Å²) < 4.78 is 0. The molecule has 0 N–H and O–H groups in total. The molecule has 0 radical (unpaired) electrons. The number of benzene rings is 6. The van der Waals surface area contributed by atoms with Crippen molar-refractivity contribution in [1.29, 1.82) is 0 Å². The first-order valence-electron chi connectivity index (χ1n) is 17.2. The fourth-order valence-corrected chi connectivity index (χ4v) is 7.10. The monoisotopic (exact) mass is 646 g/mol. The van der Waals surface area contributed by atoms with Gasteiger partial charge >= 0.3 is 0 Å². The van der Waals surface area contributed by atoms with Crippen molar-refractivity contribution in [3.05, 3.63) is 213 Å². The van der Waals surface area contributed by atoms with Gasteiger partial charge in [-0.25, -0.2) is 20.0 Å². The molecule has 6 aromatic rings. The Morgan fingerprint density at radius 1 is 0.320 bits per heavy atom. The molecule has 0 aromatic heterocycles. The van der Waals surface area contributed by atoms with Crippen molar-refractivity contribution >= 4 is 22.8 Å². The second kappa shape index (κ2) is 12.5. The third-order valence-electron chi connectivity index (χ3n) is 9.83. The maximum absolute atomic E-state index is 5.84. The normalized spacial score (nSPS) is 19.8. The van der Waals surface area contributed by atoms with Gasteiger partial charge in [-0.1, -0.05) is 169 Å². The lowest BCUT2D eigenvalue weighted by molar-refractivity contribution is 0.257. The average Bonchev–Trinajstić information content (AvgIpc) is 3.76. The Morgan fingerprint density at radius 2 is 0.640 bits per heavy atom. The summed E-state index contributed by atoms with van der Waals surface area (Å²) in [6, 6.07) is 54.8. The van der Waals surface area contributed by atoms with Crippen LogP contribution < -0.4 is 0 Å². The molecule has 8 rings (SSSR count). The first-order chi connectivity index (χ1) is 24.4. The minimum atomic E-state index is -1.29. The van der Waals surface area contributed by atoms with E-state index in [1.54, 1.807) is 0 Å². The number of aryl methyl sites for hydroxylation is 4. The van der Waals surface area contributed by atoms with Crippen LogP contribution in [0, 0.1) is 27.7 Å². The smallest absolute Gasteiger partial charge is 0.226 e. The van der Waals surface area contributed by atoms with Gasteiger partial charge in [0.25, 0.3) is 0 Å². The SMILES string of the molecule is Cc1ccc(C2(C3(c4ccc(C)cc4)N=C(c4ccccc4)C(c4ccccc4C)=N3)N=C(c3ccccc3)C(c3ccccc3C)=N2)cc1. The molecule has 4 nitrogen and oxygen atoms in total. The summed E-state index contributed by atoms with van der Waals surface area (Å²) in [5.74, 6) is 0. The van der Waals surface area contributed by atoms with E-state index in [0.29, 0.717) is 0 Å². The molecule has 4 heteroatoms. The molecular formula is C46H38N4. The summed E-state index contributed by atoms with van der Waals surface area (Å²) in [5.41, 5.74) is 11.2. The van der Waals surface area contributed by atoms with E-state index in [2.05, 4.69) is 173 Å². The van der Waals surface area contributed by atoms with E-state index < -0.39 is 11.3 Å². The topological polar surface area (TPSA) is 49.4 Å². The zero-order valence-electron chi connectivity index (χ0n) is 28.8. The fourth-order valence-electron chi connectivity index (χ4n) is 7.10. The van der Waals surface area contributed by atoms with Gasteiger partial charge in [-0.3, -0.25) is 0 Å². The van der Waals surface area contributed by atoms with Crippen LogP contribution in [-0.2, 0) is 11.3 Å². The molecule has 0 bridgehead atoms. The lowest BCUT2D eigenvalue weighted by atomic mass is 9.81. The van der Waals surface area contributed by atoms with Gasteiger partial charge in [0.1, 0.15) is 0 Å². The van der Waals surface area contributed by atoms with E-state index in [-0.39, 0.29) is 0 Å². The third kappa shape index (κ3) is 5.16. The highest BCUT2D eigenvalue weighted by atomic mass is 15.3. The average molecular weight is 647 g/mol.